The molecule has 0 heterocycles. The summed E-state index contributed by atoms with van der Waals surface area (Å²) in [5.41, 5.74) is 1.09. The van der Waals surface area contributed by atoms with Crippen molar-refractivity contribution in [3.8, 4) is 0 Å². The molecule has 0 aromatic heterocycles. The second-order valence-corrected chi connectivity index (χ2v) is 3.11. The van der Waals surface area contributed by atoms with E-state index in [0.29, 0.717) is 35.5 Å². The lowest BCUT2D eigenvalue weighted by Gasteiger charge is -2.07. The van der Waals surface area contributed by atoms with E-state index in [2.05, 4.69) is 5.32 Å². The van der Waals surface area contributed by atoms with E-state index >= 15 is 0 Å². The molecule has 0 unspecified atom stereocenters. The summed E-state index contributed by atoms with van der Waals surface area (Å²) in [6, 6.07) is 5.15. The third-order valence-corrected chi connectivity index (χ3v) is 2.08. The number of halogens is 1. The Balaban J connectivity index is 2.79. The molecule has 0 aliphatic heterocycles. The van der Waals surface area contributed by atoms with Crippen molar-refractivity contribution >= 4 is 29.9 Å². The summed E-state index contributed by atoms with van der Waals surface area (Å²) >= 11 is 5.80. The third-order valence-electron chi connectivity index (χ3n) is 1.75. The molecule has 0 spiro atoms. The molecule has 0 aliphatic rings. The number of rotatable bonds is 5. The molecule has 0 fully saturated rings. The first-order chi connectivity index (χ1) is 6.79. The van der Waals surface area contributed by atoms with E-state index in [1.807, 2.05) is 0 Å². The largest absolute Gasteiger partial charge is 0.384 e. The van der Waals surface area contributed by atoms with Gasteiger partial charge in [0.15, 0.2) is 6.29 Å². The Kier molecular flexibility index (Phi) is 4.13. The maximum atomic E-state index is 10.7. The van der Waals surface area contributed by atoms with Gasteiger partial charge in [0.05, 0.1) is 10.6 Å². The van der Waals surface area contributed by atoms with Gasteiger partial charge in [-0.2, -0.15) is 0 Å². The van der Waals surface area contributed by atoms with E-state index in [1.165, 1.54) is 0 Å². The molecule has 3 nitrogen and oxygen atoms in total. The maximum Gasteiger partial charge on any atom is 0.153 e. The van der Waals surface area contributed by atoms with Gasteiger partial charge in [-0.3, -0.25) is 4.79 Å². The highest BCUT2D eigenvalue weighted by Gasteiger charge is 2.04. The average Bonchev–Trinajstić information content (AvgIpc) is 2.18. The van der Waals surface area contributed by atoms with E-state index < -0.39 is 0 Å². The molecule has 1 aromatic rings. The minimum atomic E-state index is 0.408. The van der Waals surface area contributed by atoms with Gasteiger partial charge in [0.25, 0.3) is 0 Å². The first-order valence-corrected chi connectivity index (χ1v) is 4.58. The zero-order chi connectivity index (χ0) is 10.4. The summed E-state index contributed by atoms with van der Waals surface area (Å²) in [5, 5.41) is 3.37. The second kappa shape index (κ2) is 5.40. The molecule has 0 amide bonds. The Morgan fingerprint density at radius 3 is 2.79 bits per heavy atom. The van der Waals surface area contributed by atoms with Gasteiger partial charge >= 0.3 is 0 Å². The van der Waals surface area contributed by atoms with E-state index in [-0.39, 0.29) is 0 Å². The third kappa shape index (κ3) is 2.57. The summed E-state index contributed by atoms with van der Waals surface area (Å²) in [6.45, 7) is 0.505. The molecule has 1 rings (SSSR count). The topological polar surface area (TPSA) is 46.2 Å². The standard InChI is InChI=1S/C10H10ClNO2/c11-9-3-1-4-10(8(9)7-14)12-5-2-6-13/h1,3-4,6-7,12H,2,5H2. The number of anilines is 1. The Labute approximate surface area is 87.1 Å². The van der Waals surface area contributed by atoms with Crippen LogP contribution in [0.4, 0.5) is 5.69 Å². The van der Waals surface area contributed by atoms with Crippen LogP contribution in [0.1, 0.15) is 16.8 Å². The van der Waals surface area contributed by atoms with Crippen LogP contribution in [0.15, 0.2) is 18.2 Å². The molecule has 74 valence electrons. The van der Waals surface area contributed by atoms with Crippen LogP contribution in [-0.2, 0) is 4.79 Å². The number of hydrogen-bond acceptors (Lipinski definition) is 3. The molecule has 0 aliphatic carbocycles. The number of benzene rings is 1. The van der Waals surface area contributed by atoms with Gasteiger partial charge in [-0.25, -0.2) is 0 Å². The number of hydrogen-bond donors (Lipinski definition) is 1. The molecule has 0 radical (unpaired) electrons. The molecule has 1 N–H and O–H groups in total. The highest BCUT2D eigenvalue weighted by atomic mass is 35.5. The number of carbonyl (C=O) groups is 2. The van der Waals surface area contributed by atoms with E-state index in [1.54, 1.807) is 18.2 Å². The van der Waals surface area contributed by atoms with Gasteiger partial charge < -0.3 is 10.1 Å². The van der Waals surface area contributed by atoms with E-state index in [0.717, 1.165) is 6.29 Å². The van der Waals surface area contributed by atoms with Crippen molar-refractivity contribution in [1.29, 1.82) is 0 Å². The monoisotopic (exact) mass is 211 g/mol. The highest BCUT2D eigenvalue weighted by molar-refractivity contribution is 6.33. The molecular weight excluding hydrogens is 202 g/mol. The van der Waals surface area contributed by atoms with E-state index in [9.17, 15) is 9.59 Å². The van der Waals surface area contributed by atoms with Crippen LogP contribution < -0.4 is 5.32 Å². The lowest BCUT2D eigenvalue weighted by atomic mass is 10.2. The fourth-order valence-electron chi connectivity index (χ4n) is 1.08. The van der Waals surface area contributed by atoms with Crippen molar-refractivity contribution < 1.29 is 9.59 Å². The predicted molar refractivity (Wildman–Crippen MR) is 56.0 cm³/mol. The van der Waals surface area contributed by atoms with Gasteiger partial charge in [0, 0.05) is 18.7 Å². The maximum absolute atomic E-state index is 10.7. The highest BCUT2D eigenvalue weighted by Crippen LogP contribution is 2.21. The zero-order valence-corrected chi connectivity index (χ0v) is 8.25. The normalized spacial score (nSPS) is 9.50. The van der Waals surface area contributed by atoms with Crippen molar-refractivity contribution in [2.24, 2.45) is 0 Å². The quantitative estimate of drug-likeness (QED) is 0.600. The molecule has 0 bridgehead atoms. The summed E-state index contributed by atoms with van der Waals surface area (Å²) < 4.78 is 0. The second-order valence-electron chi connectivity index (χ2n) is 2.70. The van der Waals surface area contributed by atoms with Crippen molar-refractivity contribution in [2.45, 2.75) is 6.42 Å². The molecule has 1 aromatic carbocycles. The first-order valence-electron chi connectivity index (χ1n) is 4.20. The molecule has 0 saturated carbocycles. The van der Waals surface area contributed by atoms with Gasteiger partial charge in [-0.1, -0.05) is 17.7 Å². The molecular formula is C10H10ClNO2. The minimum absolute atomic E-state index is 0.408. The van der Waals surface area contributed by atoms with Gasteiger partial charge in [0.1, 0.15) is 6.29 Å². The fourth-order valence-corrected chi connectivity index (χ4v) is 1.30. The number of aldehydes is 2. The fraction of sp³-hybridized carbons (Fsp3) is 0.200. The number of nitrogens with one attached hydrogen (secondary N) is 1. The Morgan fingerprint density at radius 1 is 1.36 bits per heavy atom. The summed E-state index contributed by atoms with van der Waals surface area (Å²) in [5.74, 6) is 0. The average molecular weight is 212 g/mol. The Bertz CT molecular complexity index is 339. The van der Waals surface area contributed by atoms with Crippen LogP contribution in [0.3, 0.4) is 0 Å². The lowest BCUT2D eigenvalue weighted by Crippen LogP contribution is -2.04. The molecule has 14 heavy (non-hydrogen) atoms. The van der Waals surface area contributed by atoms with E-state index in [4.69, 9.17) is 11.6 Å². The smallest absolute Gasteiger partial charge is 0.153 e. The van der Waals surface area contributed by atoms with Gasteiger partial charge in [0.2, 0.25) is 0 Å². The summed E-state index contributed by atoms with van der Waals surface area (Å²) in [4.78, 5) is 20.8. The zero-order valence-electron chi connectivity index (χ0n) is 7.50. The van der Waals surface area contributed by atoms with Crippen LogP contribution in [0.5, 0.6) is 0 Å². The number of carbonyl (C=O) groups excluding carboxylic acids is 2. The predicted octanol–water partition coefficient (Wildman–Crippen LogP) is 2.15. The summed E-state index contributed by atoms with van der Waals surface area (Å²) in [6.07, 6.45) is 1.93. The Hall–Kier alpha value is -1.35. The summed E-state index contributed by atoms with van der Waals surface area (Å²) in [7, 11) is 0. The first kappa shape index (κ1) is 10.7. The van der Waals surface area contributed by atoms with Crippen molar-refractivity contribution in [3.05, 3.63) is 28.8 Å². The minimum Gasteiger partial charge on any atom is -0.384 e. The van der Waals surface area contributed by atoms with Crippen LogP contribution >= 0.6 is 11.6 Å². The van der Waals surface area contributed by atoms with Crippen LogP contribution in [0, 0.1) is 0 Å². The van der Waals surface area contributed by atoms with Crippen LogP contribution in [0.2, 0.25) is 5.02 Å². The molecule has 0 atom stereocenters. The van der Waals surface area contributed by atoms with Crippen molar-refractivity contribution in [2.75, 3.05) is 11.9 Å². The SMILES string of the molecule is O=CCCNc1cccc(Cl)c1C=O. The van der Waals surface area contributed by atoms with Crippen molar-refractivity contribution in [1.82, 2.24) is 0 Å². The van der Waals surface area contributed by atoms with Gasteiger partial charge in [-0.15, -0.1) is 0 Å². The van der Waals surface area contributed by atoms with Crippen LogP contribution in [0.25, 0.3) is 0 Å². The molecule has 4 heteroatoms. The lowest BCUT2D eigenvalue weighted by molar-refractivity contribution is -0.107. The van der Waals surface area contributed by atoms with Crippen LogP contribution in [-0.4, -0.2) is 19.1 Å². The van der Waals surface area contributed by atoms with Gasteiger partial charge in [-0.05, 0) is 12.1 Å². The van der Waals surface area contributed by atoms with Crippen molar-refractivity contribution in [3.63, 3.8) is 0 Å². The Morgan fingerprint density at radius 2 is 2.14 bits per heavy atom. The molecule has 0 saturated heterocycles.